The molecule has 0 aliphatic carbocycles. The molecular formula is C19H26N2OS. The fourth-order valence-corrected chi connectivity index (χ4v) is 3.47. The average Bonchev–Trinajstić information content (AvgIpc) is 3.03. The smallest absolute Gasteiger partial charge is 0.317 e. The van der Waals surface area contributed by atoms with Crippen LogP contribution in [0.15, 0.2) is 41.8 Å². The van der Waals surface area contributed by atoms with Gasteiger partial charge in [0.25, 0.3) is 0 Å². The number of hydrogen-bond acceptors (Lipinski definition) is 2. The number of carbonyl (C=O) groups excluding carboxylic acids is 1. The zero-order valence-corrected chi connectivity index (χ0v) is 15.2. The van der Waals surface area contributed by atoms with Crippen molar-refractivity contribution in [1.82, 2.24) is 10.2 Å². The van der Waals surface area contributed by atoms with Crippen LogP contribution in [0.5, 0.6) is 0 Å². The number of carbonyl (C=O) groups is 1. The number of benzene rings is 1. The summed E-state index contributed by atoms with van der Waals surface area (Å²) in [5, 5.41) is 5.15. The van der Waals surface area contributed by atoms with E-state index >= 15 is 0 Å². The van der Waals surface area contributed by atoms with Crippen molar-refractivity contribution in [1.29, 1.82) is 0 Å². The van der Waals surface area contributed by atoms with Gasteiger partial charge in [-0.1, -0.05) is 44.2 Å². The predicted octanol–water partition coefficient (Wildman–Crippen LogP) is 4.57. The van der Waals surface area contributed by atoms with Gasteiger partial charge in [0.1, 0.15) is 0 Å². The summed E-state index contributed by atoms with van der Waals surface area (Å²) in [6.45, 7) is 10.5. The monoisotopic (exact) mass is 330 g/mol. The molecule has 0 radical (unpaired) electrons. The van der Waals surface area contributed by atoms with E-state index in [0.29, 0.717) is 19.6 Å². The summed E-state index contributed by atoms with van der Waals surface area (Å²) in [5.41, 5.74) is 2.45. The van der Waals surface area contributed by atoms with Gasteiger partial charge in [-0.2, -0.15) is 0 Å². The molecule has 0 atom stereocenters. The Labute approximate surface area is 143 Å². The highest BCUT2D eigenvalue weighted by molar-refractivity contribution is 7.09. The molecule has 23 heavy (non-hydrogen) atoms. The van der Waals surface area contributed by atoms with Crippen molar-refractivity contribution in [3.05, 3.63) is 57.8 Å². The van der Waals surface area contributed by atoms with Gasteiger partial charge in [0.05, 0.1) is 6.54 Å². The number of thiophene rings is 1. The molecule has 1 N–H and O–H groups in total. The topological polar surface area (TPSA) is 32.3 Å². The van der Waals surface area contributed by atoms with Crippen molar-refractivity contribution in [2.75, 3.05) is 13.1 Å². The lowest BCUT2D eigenvalue weighted by Crippen LogP contribution is -2.44. The molecule has 2 amide bonds. The predicted molar refractivity (Wildman–Crippen MR) is 98.0 cm³/mol. The van der Waals surface area contributed by atoms with E-state index in [-0.39, 0.29) is 11.4 Å². The molecule has 0 fully saturated rings. The van der Waals surface area contributed by atoms with Crippen LogP contribution in [0.2, 0.25) is 0 Å². The Morgan fingerprint density at radius 2 is 1.96 bits per heavy atom. The van der Waals surface area contributed by atoms with Gasteiger partial charge in [0.15, 0.2) is 0 Å². The van der Waals surface area contributed by atoms with Gasteiger partial charge in [-0.3, -0.25) is 0 Å². The zero-order valence-electron chi connectivity index (χ0n) is 14.4. The van der Waals surface area contributed by atoms with Gasteiger partial charge >= 0.3 is 6.03 Å². The molecule has 1 aromatic carbocycles. The van der Waals surface area contributed by atoms with E-state index in [1.54, 1.807) is 11.3 Å². The molecule has 0 spiro atoms. The van der Waals surface area contributed by atoms with Gasteiger partial charge < -0.3 is 10.2 Å². The van der Waals surface area contributed by atoms with E-state index in [0.717, 1.165) is 0 Å². The Hall–Kier alpha value is -1.81. The number of aryl methyl sites for hydroxylation is 1. The molecule has 4 heteroatoms. The first-order valence-electron chi connectivity index (χ1n) is 8.05. The Balaban J connectivity index is 1.98. The summed E-state index contributed by atoms with van der Waals surface area (Å²) in [7, 11) is 0. The number of rotatable bonds is 6. The van der Waals surface area contributed by atoms with Crippen molar-refractivity contribution < 1.29 is 4.79 Å². The second kappa shape index (κ2) is 7.64. The van der Waals surface area contributed by atoms with E-state index in [9.17, 15) is 4.79 Å². The quantitative estimate of drug-likeness (QED) is 0.827. The summed E-state index contributed by atoms with van der Waals surface area (Å²) in [4.78, 5) is 15.5. The Bertz CT molecular complexity index is 635. The first-order valence-corrected chi connectivity index (χ1v) is 8.93. The van der Waals surface area contributed by atoms with E-state index in [1.165, 1.54) is 16.0 Å². The van der Waals surface area contributed by atoms with E-state index in [1.807, 2.05) is 29.3 Å². The molecule has 2 aromatic rings. The molecule has 0 bridgehead atoms. The summed E-state index contributed by atoms with van der Waals surface area (Å²) in [6, 6.07) is 12.5. The van der Waals surface area contributed by atoms with Gasteiger partial charge in [0, 0.05) is 23.4 Å². The van der Waals surface area contributed by atoms with Crippen LogP contribution in [-0.4, -0.2) is 24.0 Å². The largest absolute Gasteiger partial charge is 0.337 e. The number of nitrogens with zero attached hydrogens (tertiary/aromatic N) is 1. The van der Waals surface area contributed by atoms with Crippen LogP contribution in [0, 0.1) is 6.92 Å². The standard InChI is InChI=1S/C19H26N2OS/c1-5-21(13-16-10-8-12-23-16)18(22)20-14-19(3,4)17-11-7-6-9-15(17)2/h6-12H,5,13-14H2,1-4H3,(H,20,22). The maximum Gasteiger partial charge on any atom is 0.317 e. The van der Waals surface area contributed by atoms with Crippen LogP contribution in [0.4, 0.5) is 4.79 Å². The molecule has 1 aromatic heterocycles. The third-order valence-electron chi connectivity index (χ3n) is 4.15. The normalized spacial score (nSPS) is 11.3. The minimum atomic E-state index is -0.0939. The van der Waals surface area contributed by atoms with Gasteiger partial charge in [-0.05, 0) is 36.4 Å². The Morgan fingerprint density at radius 3 is 2.57 bits per heavy atom. The number of urea groups is 1. The zero-order chi connectivity index (χ0) is 16.9. The van der Waals surface area contributed by atoms with Crippen LogP contribution in [0.3, 0.4) is 0 Å². The highest BCUT2D eigenvalue weighted by Gasteiger charge is 2.24. The van der Waals surface area contributed by atoms with Crippen LogP contribution in [0.1, 0.15) is 36.8 Å². The van der Waals surface area contributed by atoms with Crippen molar-refractivity contribution in [2.45, 2.75) is 39.7 Å². The van der Waals surface area contributed by atoms with Crippen LogP contribution in [-0.2, 0) is 12.0 Å². The van der Waals surface area contributed by atoms with Crippen LogP contribution in [0.25, 0.3) is 0 Å². The first kappa shape index (κ1) is 17.5. The van der Waals surface area contributed by atoms with E-state index in [4.69, 9.17) is 0 Å². The van der Waals surface area contributed by atoms with Crippen molar-refractivity contribution >= 4 is 17.4 Å². The van der Waals surface area contributed by atoms with Crippen molar-refractivity contribution in [3.63, 3.8) is 0 Å². The lowest BCUT2D eigenvalue weighted by Gasteiger charge is -2.29. The molecule has 2 rings (SSSR count). The second-order valence-electron chi connectivity index (χ2n) is 6.45. The van der Waals surface area contributed by atoms with E-state index < -0.39 is 0 Å². The number of hydrogen-bond donors (Lipinski definition) is 1. The maximum atomic E-state index is 12.5. The van der Waals surface area contributed by atoms with Gasteiger partial charge in [-0.15, -0.1) is 11.3 Å². The Kier molecular flexibility index (Phi) is 5.83. The molecule has 1 heterocycles. The summed E-state index contributed by atoms with van der Waals surface area (Å²) >= 11 is 1.68. The molecule has 0 unspecified atom stereocenters. The second-order valence-corrected chi connectivity index (χ2v) is 7.48. The minimum absolute atomic E-state index is 0.00237. The molecule has 124 valence electrons. The Morgan fingerprint density at radius 1 is 1.22 bits per heavy atom. The van der Waals surface area contributed by atoms with Crippen molar-refractivity contribution in [2.24, 2.45) is 0 Å². The average molecular weight is 330 g/mol. The minimum Gasteiger partial charge on any atom is -0.337 e. The fraction of sp³-hybridized carbons (Fsp3) is 0.421. The van der Waals surface area contributed by atoms with Gasteiger partial charge in [-0.25, -0.2) is 4.79 Å². The molecular weight excluding hydrogens is 304 g/mol. The lowest BCUT2D eigenvalue weighted by atomic mass is 9.82. The maximum absolute atomic E-state index is 12.5. The molecule has 0 aliphatic rings. The highest BCUT2D eigenvalue weighted by atomic mass is 32.1. The van der Waals surface area contributed by atoms with Crippen molar-refractivity contribution in [3.8, 4) is 0 Å². The first-order chi connectivity index (χ1) is 10.9. The third kappa shape index (κ3) is 4.58. The molecule has 0 saturated carbocycles. The molecule has 3 nitrogen and oxygen atoms in total. The summed E-state index contributed by atoms with van der Waals surface area (Å²) in [5.74, 6) is 0. The molecule has 0 saturated heterocycles. The third-order valence-corrected chi connectivity index (χ3v) is 5.01. The van der Waals surface area contributed by atoms with Crippen LogP contribution >= 0.6 is 11.3 Å². The van der Waals surface area contributed by atoms with E-state index in [2.05, 4.69) is 50.4 Å². The fourth-order valence-electron chi connectivity index (χ4n) is 2.75. The van der Waals surface area contributed by atoms with Crippen LogP contribution < -0.4 is 5.32 Å². The summed E-state index contributed by atoms with van der Waals surface area (Å²) in [6.07, 6.45) is 0. The van der Waals surface area contributed by atoms with Gasteiger partial charge in [0.2, 0.25) is 0 Å². The number of amides is 2. The SMILES string of the molecule is CCN(Cc1cccs1)C(=O)NCC(C)(C)c1ccccc1C. The highest BCUT2D eigenvalue weighted by Crippen LogP contribution is 2.25. The molecule has 0 aliphatic heterocycles. The number of nitrogens with one attached hydrogen (secondary N) is 1. The summed E-state index contributed by atoms with van der Waals surface area (Å²) < 4.78 is 0. The lowest BCUT2D eigenvalue weighted by molar-refractivity contribution is 0.196.